The number of aliphatic carboxylic acids is 1. The molecule has 0 rings (SSSR count). The second kappa shape index (κ2) is 19.2. The van der Waals surface area contributed by atoms with Gasteiger partial charge in [0.25, 0.3) is 0 Å². The van der Waals surface area contributed by atoms with E-state index in [0.29, 0.717) is 5.92 Å². The highest BCUT2D eigenvalue weighted by atomic mass is 16.4. The van der Waals surface area contributed by atoms with E-state index in [-0.39, 0.29) is 18.9 Å². The van der Waals surface area contributed by atoms with E-state index in [9.17, 15) is 9.90 Å². The number of carboxylic acid groups (broad SMARTS) is 1. The molecular formula is C24H40O3. The van der Waals surface area contributed by atoms with Crippen LogP contribution < -0.4 is 0 Å². The summed E-state index contributed by atoms with van der Waals surface area (Å²) in [6, 6.07) is 0. The van der Waals surface area contributed by atoms with Crippen LogP contribution in [0.3, 0.4) is 0 Å². The molecule has 0 saturated carbocycles. The van der Waals surface area contributed by atoms with Crippen LogP contribution >= 0.6 is 0 Å². The summed E-state index contributed by atoms with van der Waals surface area (Å²) in [7, 11) is 0. The van der Waals surface area contributed by atoms with Crippen molar-refractivity contribution in [3.63, 3.8) is 0 Å². The summed E-state index contributed by atoms with van der Waals surface area (Å²) < 4.78 is 0. The maximum atomic E-state index is 10.4. The fourth-order valence-electron chi connectivity index (χ4n) is 2.86. The van der Waals surface area contributed by atoms with Gasteiger partial charge in [0.1, 0.15) is 0 Å². The third-order valence-corrected chi connectivity index (χ3v) is 4.73. The highest BCUT2D eigenvalue weighted by molar-refractivity contribution is 5.66. The third-order valence-electron chi connectivity index (χ3n) is 4.73. The quantitative estimate of drug-likeness (QED) is 0.174. The Labute approximate surface area is 166 Å². The third kappa shape index (κ3) is 17.6. The summed E-state index contributed by atoms with van der Waals surface area (Å²) in [6.45, 7) is 4.66. The van der Waals surface area contributed by atoms with Gasteiger partial charge >= 0.3 is 5.97 Å². The first-order valence-electron chi connectivity index (χ1n) is 10.6. The van der Waals surface area contributed by atoms with Gasteiger partial charge in [-0.05, 0) is 31.6 Å². The van der Waals surface area contributed by atoms with Gasteiger partial charge in [-0.25, -0.2) is 0 Å². The van der Waals surface area contributed by atoms with Gasteiger partial charge in [0.2, 0.25) is 0 Å². The average Bonchev–Trinajstić information content (AvgIpc) is 2.64. The molecule has 2 N–H and O–H groups in total. The Morgan fingerprint density at radius 2 is 1.70 bits per heavy atom. The van der Waals surface area contributed by atoms with Crippen molar-refractivity contribution in [2.24, 2.45) is 11.8 Å². The molecule has 3 heteroatoms. The van der Waals surface area contributed by atoms with Gasteiger partial charge in [-0.2, -0.15) is 0 Å². The maximum Gasteiger partial charge on any atom is 0.303 e. The molecule has 0 heterocycles. The molecule has 3 nitrogen and oxygen atoms in total. The average molecular weight is 377 g/mol. The minimum absolute atomic E-state index is 0.217. The molecule has 0 bridgehead atoms. The van der Waals surface area contributed by atoms with Crippen LogP contribution in [0.1, 0.15) is 78.1 Å². The monoisotopic (exact) mass is 376 g/mol. The normalized spacial score (nSPS) is 14.8. The number of allylic oxidation sites excluding steroid dienone is 7. The van der Waals surface area contributed by atoms with E-state index in [2.05, 4.69) is 38.2 Å². The van der Waals surface area contributed by atoms with Crippen LogP contribution in [0.15, 0.2) is 48.6 Å². The zero-order valence-corrected chi connectivity index (χ0v) is 17.4. The van der Waals surface area contributed by atoms with E-state index in [1.54, 1.807) is 0 Å². The summed E-state index contributed by atoms with van der Waals surface area (Å²) in [6.07, 6.45) is 26.6. The van der Waals surface area contributed by atoms with Crippen LogP contribution in [0.4, 0.5) is 0 Å². The molecule has 0 spiro atoms. The summed E-state index contributed by atoms with van der Waals surface area (Å²) in [5.41, 5.74) is 0. The van der Waals surface area contributed by atoms with Crippen molar-refractivity contribution in [3.05, 3.63) is 48.6 Å². The van der Waals surface area contributed by atoms with E-state index in [1.807, 2.05) is 24.3 Å². The molecule has 0 saturated heterocycles. The Balaban J connectivity index is 3.84. The van der Waals surface area contributed by atoms with Gasteiger partial charge in [0, 0.05) is 18.9 Å². The lowest BCUT2D eigenvalue weighted by Gasteiger charge is -2.18. The van der Waals surface area contributed by atoms with Crippen molar-refractivity contribution in [3.8, 4) is 0 Å². The van der Waals surface area contributed by atoms with Crippen molar-refractivity contribution in [1.29, 1.82) is 0 Å². The minimum Gasteiger partial charge on any atom is -0.481 e. The number of aliphatic hydroxyl groups excluding tert-OH is 1. The van der Waals surface area contributed by atoms with Crippen molar-refractivity contribution in [2.75, 3.05) is 6.61 Å². The molecule has 2 unspecified atom stereocenters. The van der Waals surface area contributed by atoms with Gasteiger partial charge in [-0.1, -0.05) is 94.6 Å². The standard InChI is InChI=1S/C24H40O3/c1-3-4-15-18-22(2)23(21-25)19-16-13-11-9-7-5-6-8-10-12-14-17-20-24(26)27/h6-9,11,13,16,19,22-23,25H,3-5,10,12,14-15,17-18,20-21H2,1-2H3,(H,26,27)/b8-6-,9-7-,13-11-,19-16+. The zero-order chi connectivity index (χ0) is 20.2. The summed E-state index contributed by atoms with van der Waals surface area (Å²) in [5.74, 6) is 0.0665. The fourth-order valence-corrected chi connectivity index (χ4v) is 2.86. The molecule has 0 aliphatic heterocycles. The highest BCUT2D eigenvalue weighted by Gasteiger charge is 2.12. The van der Waals surface area contributed by atoms with Crippen molar-refractivity contribution >= 4 is 5.97 Å². The summed E-state index contributed by atoms with van der Waals surface area (Å²) in [4.78, 5) is 10.4. The second-order valence-electron chi connectivity index (χ2n) is 7.22. The molecule has 0 aliphatic rings. The molecule has 27 heavy (non-hydrogen) atoms. The number of hydrogen-bond donors (Lipinski definition) is 2. The number of unbranched alkanes of at least 4 members (excludes halogenated alkanes) is 5. The van der Waals surface area contributed by atoms with Crippen molar-refractivity contribution < 1.29 is 15.0 Å². The number of hydrogen-bond acceptors (Lipinski definition) is 2. The second-order valence-corrected chi connectivity index (χ2v) is 7.22. The molecule has 2 atom stereocenters. The topological polar surface area (TPSA) is 57.5 Å². The van der Waals surface area contributed by atoms with E-state index in [4.69, 9.17) is 5.11 Å². The Morgan fingerprint density at radius 1 is 0.926 bits per heavy atom. The molecule has 0 fully saturated rings. The number of rotatable bonds is 17. The van der Waals surface area contributed by atoms with Gasteiger partial charge in [-0.3, -0.25) is 4.79 Å². The Bertz CT molecular complexity index is 460. The number of carbonyl (C=O) groups is 1. The highest BCUT2D eigenvalue weighted by Crippen LogP contribution is 2.19. The maximum absolute atomic E-state index is 10.4. The lowest BCUT2D eigenvalue weighted by Crippen LogP contribution is -2.13. The van der Waals surface area contributed by atoms with Crippen LogP contribution in [0.2, 0.25) is 0 Å². The first-order chi connectivity index (χ1) is 13.1. The molecule has 0 aromatic carbocycles. The predicted octanol–water partition coefficient (Wildman–Crippen LogP) is 6.46. The lowest BCUT2D eigenvalue weighted by molar-refractivity contribution is -0.137. The van der Waals surface area contributed by atoms with Crippen LogP contribution in [0.5, 0.6) is 0 Å². The first-order valence-corrected chi connectivity index (χ1v) is 10.6. The Kier molecular flexibility index (Phi) is 18.0. The van der Waals surface area contributed by atoms with Gasteiger partial charge < -0.3 is 10.2 Å². The van der Waals surface area contributed by atoms with E-state index in [1.165, 1.54) is 25.7 Å². The molecule has 0 radical (unpaired) electrons. The molecular weight excluding hydrogens is 336 g/mol. The zero-order valence-electron chi connectivity index (χ0n) is 17.4. The largest absolute Gasteiger partial charge is 0.481 e. The van der Waals surface area contributed by atoms with Crippen molar-refractivity contribution in [1.82, 2.24) is 0 Å². The lowest BCUT2D eigenvalue weighted by atomic mass is 9.89. The molecule has 0 aromatic rings. The van der Waals surface area contributed by atoms with E-state index < -0.39 is 5.97 Å². The smallest absolute Gasteiger partial charge is 0.303 e. The molecule has 154 valence electrons. The van der Waals surface area contributed by atoms with Crippen LogP contribution in [0.25, 0.3) is 0 Å². The van der Waals surface area contributed by atoms with Crippen LogP contribution in [-0.4, -0.2) is 22.8 Å². The van der Waals surface area contributed by atoms with Crippen molar-refractivity contribution in [2.45, 2.75) is 78.1 Å². The van der Waals surface area contributed by atoms with Gasteiger partial charge in [-0.15, -0.1) is 0 Å². The van der Waals surface area contributed by atoms with E-state index in [0.717, 1.165) is 32.1 Å². The molecule has 0 amide bonds. The van der Waals surface area contributed by atoms with Gasteiger partial charge in [0.05, 0.1) is 0 Å². The van der Waals surface area contributed by atoms with Crippen LogP contribution in [0, 0.1) is 11.8 Å². The molecule has 0 aliphatic carbocycles. The Hall–Kier alpha value is -1.61. The summed E-state index contributed by atoms with van der Waals surface area (Å²) >= 11 is 0. The Morgan fingerprint density at radius 3 is 2.41 bits per heavy atom. The predicted molar refractivity (Wildman–Crippen MR) is 116 cm³/mol. The first kappa shape index (κ1) is 25.4. The number of carboxylic acids is 1. The van der Waals surface area contributed by atoms with E-state index >= 15 is 0 Å². The molecule has 0 aromatic heterocycles. The van der Waals surface area contributed by atoms with Crippen LogP contribution in [-0.2, 0) is 4.79 Å². The fraction of sp³-hybridized carbons (Fsp3) is 0.625. The van der Waals surface area contributed by atoms with Gasteiger partial charge in [0.15, 0.2) is 0 Å². The summed E-state index contributed by atoms with van der Waals surface area (Å²) in [5, 5.41) is 18.1. The SMILES string of the molecule is CCCCCC(C)C(/C=C/C=C\C=C/C/C=C\CCCCCC(=O)O)CO. The number of aliphatic hydroxyl groups is 1. The minimum atomic E-state index is -0.702.